The van der Waals surface area contributed by atoms with Crippen LogP contribution < -0.4 is 5.32 Å². The maximum Gasteiger partial charge on any atom is 0.244 e. The van der Waals surface area contributed by atoms with E-state index in [2.05, 4.69) is 5.32 Å². The highest BCUT2D eigenvalue weighted by molar-refractivity contribution is 6.30. The average Bonchev–Trinajstić information content (AvgIpc) is 2.57. The first kappa shape index (κ1) is 18.9. The predicted octanol–water partition coefficient (Wildman–Crippen LogP) is 2.84. The smallest absolute Gasteiger partial charge is 0.244 e. The number of halogens is 2. The fourth-order valence-electron chi connectivity index (χ4n) is 2.44. The van der Waals surface area contributed by atoms with Gasteiger partial charge < -0.3 is 10.2 Å². The Morgan fingerprint density at radius 3 is 2.40 bits per heavy atom. The molecule has 0 saturated heterocycles. The van der Waals surface area contributed by atoms with Crippen molar-refractivity contribution < 1.29 is 14.0 Å². The number of rotatable bonds is 6. The number of hydrogen-bond acceptors (Lipinski definition) is 2. The summed E-state index contributed by atoms with van der Waals surface area (Å²) in [6.07, 6.45) is 0.360. The van der Waals surface area contributed by atoms with Crippen LogP contribution >= 0.6 is 11.6 Å². The molecule has 1 N–H and O–H groups in total. The number of likely N-dealkylation sites (N-methyl/N-ethyl adjacent to an activating group) is 1. The second kappa shape index (κ2) is 8.62. The summed E-state index contributed by atoms with van der Waals surface area (Å²) in [5.41, 5.74) is 1.44. The Labute approximate surface area is 151 Å². The molecule has 1 atom stereocenters. The maximum atomic E-state index is 13.5. The topological polar surface area (TPSA) is 49.4 Å². The molecule has 0 heterocycles. The number of nitrogens with zero attached hydrogens (tertiary/aromatic N) is 1. The van der Waals surface area contributed by atoms with Crippen LogP contribution in [-0.4, -0.2) is 36.9 Å². The SMILES string of the molecule is CN(C)C(=O)[C@@H](Cc1ccccc1)NC(=O)Cc1ccc(Cl)c(F)c1. The van der Waals surface area contributed by atoms with Crippen LogP contribution in [0.4, 0.5) is 4.39 Å². The minimum atomic E-state index is -0.679. The summed E-state index contributed by atoms with van der Waals surface area (Å²) in [4.78, 5) is 26.1. The van der Waals surface area contributed by atoms with E-state index in [-0.39, 0.29) is 23.3 Å². The zero-order valence-corrected chi connectivity index (χ0v) is 14.9. The largest absolute Gasteiger partial charge is 0.347 e. The van der Waals surface area contributed by atoms with Gasteiger partial charge in [-0.3, -0.25) is 9.59 Å². The Hall–Kier alpha value is -2.40. The van der Waals surface area contributed by atoms with Gasteiger partial charge in [0.25, 0.3) is 0 Å². The minimum Gasteiger partial charge on any atom is -0.347 e. The molecule has 0 aliphatic rings. The van der Waals surface area contributed by atoms with Crippen molar-refractivity contribution in [3.63, 3.8) is 0 Å². The van der Waals surface area contributed by atoms with Gasteiger partial charge in [0.05, 0.1) is 11.4 Å². The lowest BCUT2D eigenvalue weighted by Gasteiger charge is -2.22. The fourth-order valence-corrected chi connectivity index (χ4v) is 2.56. The van der Waals surface area contributed by atoms with E-state index in [9.17, 15) is 14.0 Å². The lowest BCUT2D eigenvalue weighted by molar-refractivity contribution is -0.134. The zero-order valence-electron chi connectivity index (χ0n) is 14.1. The van der Waals surface area contributed by atoms with Crippen LogP contribution in [0.5, 0.6) is 0 Å². The van der Waals surface area contributed by atoms with Crippen molar-refractivity contribution in [1.82, 2.24) is 10.2 Å². The number of hydrogen-bond donors (Lipinski definition) is 1. The summed E-state index contributed by atoms with van der Waals surface area (Å²) in [6, 6.07) is 13.0. The average molecular weight is 363 g/mol. The molecule has 6 heteroatoms. The molecule has 0 radical (unpaired) electrons. The Morgan fingerprint density at radius 1 is 1.12 bits per heavy atom. The highest BCUT2D eigenvalue weighted by Crippen LogP contribution is 2.16. The van der Waals surface area contributed by atoms with E-state index in [0.29, 0.717) is 12.0 Å². The second-order valence-electron chi connectivity index (χ2n) is 5.97. The molecule has 2 aromatic carbocycles. The van der Waals surface area contributed by atoms with Gasteiger partial charge in [0, 0.05) is 20.5 Å². The summed E-state index contributed by atoms with van der Waals surface area (Å²) in [5, 5.41) is 2.75. The van der Waals surface area contributed by atoms with Crippen molar-refractivity contribution in [2.75, 3.05) is 14.1 Å². The number of nitrogens with one attached hydrogen (secondary N) is 1. The first-order chi connectivity index (χ1) is 11.9. The third-order valence-electron chi connectivity index (χ3n) is 3.71. The van der Waals surface area contributed by atoms with Crippen LogP contribution in [-0.2, 0) is 22.4 Å². The molecule has 2 amide bonds. The summed E-state index contributed by atoms with van der Waals surface area (Å²) < 4.78 is 13.5. The summed E-state index contributed by atoms with van der Waals surface area (Å²) >= 11 is 5.64. The van der Waals surface area contributed by atoms with E-state index in [1.807, 2.05) is 30.3 Å². The molecule has 0 saturated carbocycles. The predicted molar refractivity (Wildman–Crippen MR) is 95.9 cm³/mol. The van der Waals surface area contributed by atoms with E-state index in [1.165, 1.54) is 17.0 Å². The number of carbonyl (C=O) groups excluding carboxylic acids is 2. The van der Waals surface area contributed by atoms with Crippen LogP contribution in [0.2, 0.25) is 5.02 Å². The van der Waals surface area contributed by atoms with E-state index in [1.54, 1.807) is 20.2 Å². The highest BCUT2D eigenvalue weighted by atomic mass is 35.5. The number of benzene rings is 2. The van der Waals surface area contributed by atoms with Crippen LogP contribution in [0.25, 0.3) is 0 Å². The van der Waals surface area contributed by atoms with Gasteiger partial charge in [-0.2, -0.15) is 0 Å². The quantitative estimate of drug-likeness (QED) is 0.859. The monoisotopic (exact) mass is 362 g/mol. The summed E-state index contributed by atoms with van der Waals surface area (Å²) in [5.74, 6) is -1.12. The van der Waals surface area contributed by atoms with Gasteiger partial charge in [0.1, 0.15) is 11.9 Å². The Balaban J connectivity index is 2.08. The third kappa shape index (κ3) is 5.57. The van der Waals surface area contributed by atoms with Gasteiger partial charge >= 0.3 is 0 Å². The lowest BCUT2D eigenvalue weighted by Crippen LogP contribution is -2.48. The van der Waals surface area contributed by atoms with E-state index < -0.39 is 11.9 Å². The molecule has 0 bridgehead atoms. The standard InChI is InChI=1S/C19H20ClFN2O2/c1-23(2)19(25)17(11-13-6-4-3-5-7-13)22-18(24)12-14-8-9-15(20)16(21)10-14/h3-10,17H,11-12H2,1-2H3,(H,22,24)/t17-/m1/s1. The summed E-state index contributed by atoms with van der Waals surface area (Å²) in [6.45, 7) is 0. The van der Waals surface area contributed by atoms with Crippen molar-refractivity contribution in [3.8, 4) is 0 Å². The lowest BCUT2D eigenvalue weighted by atomic mass is 10.0. The van der Waals surface area contributed by atoms with E-state index in [0.717, 1.165) is 5.56 Å². The van der Waals surface area contributed by atoms with Gasteiger partial charge in [-0.05, 0) is 23.3 Å². The molecule has 25 heavy (non-hydrogen) atoms. The van der Waals surface area contributed by atoms with E-state index in [4.69, 9.17) is 11.6 Å². The normalized spacial score (nSPS) is 11.7. The van der Waals surface area contributed by atoms with Gasteiger partial charge in [0.15, 0.2) is 0 Å². The van der Waals surface area contributed by atoms with Crippen LogP contribution in [0.1, 0.15) is 11.1 Å². The molecule has 2 aromatic rings. The van der Waals surface area contributed by atoms with E-state index >= 15 is 0 Å². The molecular formula is C19H20ClFN2O2. The molecular weight excluding hydrogens is 343 g/mol. The molecule has 0 aromatic heterocycles. The Bertz CT molecular complexity index is 750. The number of carbonyl (C=O) groups is 2. The first-order valence-corrected chi connectivity index (χ1v) is 8.23. The highest BCUT2D eigenvalue weighted by Gasteiger charge is 2.22. The minimum absolute atomic E-state index is 0.00824. The van der Waals surface area contributed by atoms with Gasteiger partial charge in [-0.15, -0.1) is 0 Å². The molecule has 2 rings (SSSR count). The van der Waals surface area contributed by atoms with Crippen molar-refractivity contribution in [3.05, 3.63) is 70.5 Å². The van der Waals surface area contributed by atoms with Crippen LogP contribution in [0.3, 0.4) is 0 Å². The Morgan fingerprint density at radius 2 is 1.80 bits per heavy atom. The third-order valence-corrected chi connectivity index (χ3v) is 4.01. The van der Waals surface area contributed by atoms with Crippen LogP contribution in [0.15, 0.2) is 48.5 Å². The molecule has 0 aliphatic heterocycles. The van der Waals surface area contributed by atoms with Gasteiger partial charge in [-0.25, -0.2) is 4.39 Å². The molecule has 4 nitrogen and oxygen atoms in total. The van der Waals surface area contributed by atoms with Gasteiger partial charge in [0.2, 0.25) is 11.8 Å². The molecule has 0 fully saturated rings. The van der Waals surface area contributed by atoms with Crippen molar-refractivity contribution in [2.24, 2.45) is 0 Å². The number of amides is 2. The first-order valence-electron chi connectivity index (χ1n) is 7.85. The van der Waals surface area contributed by atoms with Crippen LogP contribution in [0, 0.1) is 5.82 Å². The van der Waals surface area contributed by atoms with Crippen molar-refractivity contribution >= 4 is 23.4 Å². The molecule has 132 valence electrons. The molecule has 0 aliphatic carbocycles. The fraction of sp³-hybridized carbons (Fsp3) is 0.263. The zero-order chi connectivity index (χ0) is 18.4. The summed E-state index contributed by atoms with van der Waals surface area (Å²) in [7, 11) is 3.28. The molecule has 0 spiro atoms. The molecule has 0 unspecified atom stereocenters. The Kier molecular flexibility index (Phi) is 6.53. The van der Waals surface area contributed by atoms with Crippen molar-refractivity contribution in [2.45, 2.75) is 18.9 Å². The van der Waals surface area contributed by atoms with Gasteiger partial charge in [-0.1, -0.05) is 48.0 Å². The van der Waals surface area contributed by atoms with Crippen molar-refractivity contribution in [1.29, 1.82) is 0 Å². The maximum absolute atomic E-state index is 13.5. The second-order valence-corrected chi connectivity index (χ2v) is 6.37.